The summed E-state index contributed by atoms with van der Waals surface area (Å²) >= 11 is 1.72. The Balaban J connectivity index is 2.24. The number of benzene rings is 1. The molecule has 2 rings (SSSR count). The molecule has 2 amide bonds. The average Bonchev–Trinajstić information content (AvgIpc) is 2.42. The lowest BCUT2D eigenvalue weighted by molar-refractivity contribution is 0.0697. The van der Waals surface area contributed by atoms with Gasteiger partial charge in [-0.3, -0.25) is 0 Å². The summed E-state index contributed by atoms with van der Waals surface area (Å²) in [5, 5.41) is 11.3. The number of carbonyl (C=O) groups excluding carboxylic acids is 1. The third kappa shape index (κ3) is 3.44. The first kappa shape index (κ1) is 15.6. The molecule has 0 saturated carbocycles. The molecule has 0 aliphatic carbocycles. The van der Waals surface area contributed by atoms with Crippen molar-refractivity contribution in [3.05, 3.63) is 29.3 Å². The van der Waals surface area contributed by atoms with Crippen molar-refractivity contribution in [3.63, 3.8) is 0 Å². The van der Waals surface area contributed by atoms with Crippen LogP contribution >= 0.6 is 11.8 Å². The number of nitrogens with one attached hydrogen (secondary N) is 1. The van der Waals surface area contributed by atoms with Crippen molar-refractivity contribution < 1.29 is 23.5 Å². The number of amides is 2. The van der Waals surface area contributed by atoms with Gasteiger partial charge in [0.05, 0.1) is 11.3 Å². The molecule has 1 aromatic carbocycles. The summed E-state index contributed by atoms with van der Waals surface area (Å²) in [6, 6.07) is 0.710. The van der Waals surface area contributed by atoms with Gasteiger partial charge in [0, 0.05) is 30.2 Å². The molecule has 1 aromatic rings. The van der Waals surface area contributed by atoms with Gasteiger partial charge in [0.25, 0.3) is 0 Å². The molecule has 1 fully saturated rings. The molecule has 0 radical (unpaired) electrons. The number of anilines is 1. The fourth-order valence-electron chi connectivity index (χ4n) is 2.04. The van der Waals surface area contributed by atoms with Gasteiger partial charge in [-0.2, -0.15) is 11.8 Å². The number of carbonyl (C=O) groups is 2. The van der Waals surface area contributed by atoms with E-state index in [9.17, 15) is 18.4 Å². The number of thioether (sulfide) groups is 1. The van der Waals surface area contributed by atoms with Crippen LogP contribution in [0, 0.1) is 11.6 Å². The molecule has 5 nitrogen and oxygen atoms in total. The maximum atomic E-state index is 13.3. The summed E-state index contributed by atoms with van der Waals surface area (Å²) in [7, 11) is 0. The van der Waals surface area contributed by atoms with Crippen molar-refractivity contribution in [1.29, 1.82) is 0 Å². The molecule has 1 unspecified atom stereocenters. The Morgan fingerprint density at radius 2 is 2.05 bits per heavy atom. The van der Waals surface area contributed by atoms with Crippen molar-refractivity contribution in [2.75, 3.05) is 23.4 Å². The summed E-state index contributed by atoms with van der Waals surface area (Å²) in [4.78, 5) is 24.7. The fraction of sp³-hybridized carbons (Fsp3) is 0.385. The van der Waals surface area contributed by atoms with Crippen LogP contribution in [0.1, 0.15) is 17.3 Å². The third-order valence-electron chi connectivity index (χ3n) is 3.16. The van der Waals surface area contributed by atoms with Gasteiger partial charge >= 0.3 is 12.0 Å². The van der Waals surface area contributed by atoms with Gasteiger partial charge in [-0.05, 0) is 13.0 Å². The number of hydrogen-bond acceptors (Lipinski definition) is 3. The van der Waals surface area contributed by atoms with Crippen LogP contribution in [-0.4, -0.2) is 46.1 Å². The van der Waals surface area contributed by atoms with Crippen LogP contribution in [0.15, 0.2) is 12.1 Å². The lowest BCUT2D eigenvalue weighted by atomic mass is 10.1. The fourth-order valence-corrected chi connectivity index (χ4v) is 3.06. The van der Waals surface area contributed by atoms with Gasteiger partial charge in [0.1, 0.15) is 0 Å². The molecule has 114 valence electrons. The number of rotatable bonds is 2. The quantitative estimate of drug-likeness (QED) is 0.880. The van der Waals surface area contributed by atoms with Crippen molar-refractivity contribution in [2.24, 2.45) is 0 Å². The maximum Gasteiger partial charge on any atom is 0.337 e. The summed E-state index contributed by atoms with van der Waals surface area (Å²) in [5.74, 6) is -2.37. The topological polar surface area (TPSA) is 69.6 Å². The van der Waals surface area contributed by atoms with Crippen LogP contribution in [0.3, 0.4) is 0 Å². The van der Waals surface area contributed by atoms with E-state index in [0.717, 1.165) is 11.5 Å². The van der Waals surface area contributed by atoms with Crippen molar-refractivity contribution in [3.8, 4) is 0 Å². The van der Waals surface area contributed by atoms with Crippen LogP contribution < -0.4 is 5.32 Å². The number of urea groups is 1. The molecule has 8 heteroatoms. The van der Waals surface area contributed by atoms with Gasteiger partial charge in [-0.25, -0.2) is 18.4 Å². The zero-order valence-electron chi connectivity index (χ0n) is 11.2. The van der Waals surface area contributed by atoms with Crippen LogP contribution in [0.2, 0.25) is 0 Å². The summed E-state index contributed by atoms with van der Waals surface area (Å²) in [6.07, 6.45) is 0. The van der Waals surface area contributed by atoms with Gasteiger partial charge < -0.3 is 15.3 Å². The minimum absolute atomic E-state index is 0.0117. The molecule has 1 aliphatic rings. The Kier molecular flexibility index (Phi) is 4.66. The van der Waals surface area contributed by atoms with Crippen LogP contribution in [0.5, 0.6) is 0 Å². The molecule has 0 bridgehead atoms. The van der Waals surface area contributed by atoms with E-state index >= 15 is 0 Å². The number of nitrogens with zero attached hydrogens (tertiary/aromatic N) is 1. The number of carboxylic acids is 1. The van der Waals surface area contributed by atoms with E-state index in [-0.39, 0.29) is 11.7 Å². The Morgan fingerprint density at radius 3 is 2.67 bits per heavy atom. The Morgan fingerprint density at radius 1 is 1.38 bits per heavy atom. The average molecular weight is 316 g/mol. The first-order chi connectivity index (χ1) is 9.90. The van der Waals surface area contributed by atoms with E-state index in [1.54, 1.807) is 16.7 Å². The lowest BCUT2D eigenvalue weighted by Gasteiger charge is -2.33. The molecule has 21 heavy (non-hydrogen) atoms. The predicted molar refractivity (Wildman–Crippen MR) is 75.8 cm³/mol. The molecule has 1 aliphatic heterocycles. The highest BCUT2D eigenvalue weighted by Gasteiger charge is 2.25. The first-order valence-corrected chi connectivity index (χ1v) is 7.43. The Hall–Kier alpha value is -1.83. The molecule has 2 N–H and O–H groups in total. The lowest BCUT2D eigenvalue weighted by Crippen LogP contribution is -2.46. The van der Waals surface area contributed by atoms with Gasteiger partial charge in [0.15, 0.2) is 11.6 Å². The highest BCUT2D eigenvalue weighted by molar-refractivity contribution is 7.99. The highest BCUT2D eigenvalue weighted by Crippen LogP contribution is 2.22. The minimum atomic E-state index is -1.44. The molecule has 1 saturated heterocycles. The summed E-state index contributed by atoms with van der Waals surface area (Å²) < 4.78 is 26.4. The largest absolute Gasteiger partial charge is 0.478 e. The van der Waals surface area contributed by atoms with E-state index in [4.69, 9.17) is 5.11 Å². The van der Waals surface area contributed by atoms with E-state index < -0.39 is 29.2 Å². The van der Waals surface area contributed by atoms with Crippen LogP contribution in [0.25, 0.3) is 0 Å². The molecule has 1 atom stereocenters. The Labute approximate surface area is 124 Å². The summed E-state index contributed by atoms with van der Waals surface area (Å²) in [5.41, 5.74) is -0.738. The smallest absolute Gasteiger partial charge is 0.337 e. The van der Waals surface area contributed by atoms with Crippen molar-refractivity contribution in [2.45, 2.75) is 13.0 Å². The maximum absolute atomic E-state index is 13.3. The Bertz CT molecular complexity index is 583. The highest BCUT2D eigenvalue weighted by atomic mass is 32.2. The van der Waals surface area contributed by atoms with Crippen LogP contribution in [0.4, 0.5) is 19.3 Å². The molecular formula is C13H14F2N2O3S. The van der Waals surface area contributed by atoms with Crippen LogP contribution in [-0.2, 0) is 0 Å². The van der Waals surface area contributed by atoms with Gasteiger partial charge in [0.2, 0.25) is 0 Å². The SMILES string of the molecule is CC1CSCCN1C(=O)Nc1cc(F)c(F)cc1C(=O)O. The monoisotopic (exact) mass is 316 g/mol. The number of halogens is 2. The van der Waals surface area contributed by atoms with Crippen molar-refractivity contribution in [1.82, 2.24) is 4.90 Å². The van der Waals surface area contributed by atoms with E-state index in [1.165, 1.54) is 0 Å². The van der Waals surface area contributed by atoms with E-state index in [2.05, 4.69) is 5.32 Å². The van der Waals surface area contributed by atoms with E-state index in [0.29, 0.717) is 18.7 Å². The van der Waals surface area contributed by atoms with E-state index in [1.807, 2.05) is 6.92 Å². The van der Waals surface area contributed by atoms with Gasteiger partial charge in [-0.15, -0.1) is 0 Å². The standard InChI is InChI=1S/C13H14F2N2O3S/c1-7-6-21-3-2-17(7)13(20)16-11-5-10(15)9(14)4-8(11)12(18)19/h4-5,7H,2-3,6H2,1H3,(H,16,20)(H,18,19). The second-order valence-electron chi connectivity index (χ2n) is 4.66. The van der Waals surface area contributed by atoms with Gasteiger partial charge in [-0.1, -0.05) is 0 Å². The summed E-state index contributed by atoms with van der Waals surface area (Å²) in [6.45, 7) is 2.39. The zero-order chi connectivity index (χ0) is 15.6. The molecule has 0 spiro atoms. The predicted octanol–water partition coefficient (Wildman–Crippen LogP) is 2.63. The molecule has 1 heterocycles. The third-order valence-corrected chi connectivity index (χ3v) is 4.35. The minimum Gasteiger partial charge on any atom is -0.478 e. The normalized spacial score (nSPS) is 18.4. The molecule has 0 aromatic heterocycles. The first-order valence-electron chi connectivity index (χ1n) is 6.28. The second kappa shape index (κ2) is 6.30. The van der Waals surface area contributed by atoms with Crippen molar-refractivity contribution >= 4 is 29.4 Å². The number of aromatic carboxylic acids is 1. The second-order valence-corrected chi connectivity index (χ2v) is 5.81. The number of hydrogen-bond donors (Lipinski definition) is 2. The molecular weight excluding hydrogens is 302 g/mol. The number of carboxylic acid groups (broad SMARTS) is 1. The zero-order valence-corrected chi connectivity index (χ0v) is 12.0.